The number of pyridine rings is 1. The molecule has 0 radical (unpaired) electrons. The summed E-state index contributed by atoms with van der Waals surface area (Å²) in [5.41, 5.74) is 6.13. The molecule has 0 spiro atoms. The molecule has 2 rings (SSSR count). The molecular weight excluding hydrogens is 216 g/mol. The van der Waals surface area contributed by atoms with Gasteiger partial charge in [-0.05, 0) is 25.0 Å². The van der Waals surface area contributed by atoms with Gasteiger partial charge in [-0.2, -0.15) is 0 Å². The van der Waals surface area contributed by atoms with Crippen LogP contribution in [0, 0.1) is 0 Å². The van der Waals surface area contributed by atoms with Crippen molar-refractivity contribution in [2.24, 2.45) is 0 Å². The topological polar surface area (TPSA) is 80.0 Å². The molecule has 1 aromatic rings. The number of nitrogen functional groups attached to an aromatic ring is 1. The molecule has 5 nitrogen and oxygen atoms in total. The molecule has 1 saturated carbocycles. The SMILES string of the molecule is Nc1ccc(NC(=O)NC2CCCCC2)cn1. The van der Waals surface area contributed by atoms with Crippen LogP contribution in [0.2, 0.25) is 0 Å². The zero-order valence-electron chi connectivity index (χ0n) is 9.78. The van der Waals surface area contributed by atoms with Crippen LogP contribution in [-0.2, 0) is 0 Å². The maximum Gasteiger partial charge on any atom is 0.319 e. The maximum absolute atomic E-state index is 11.7. The Morgan fingerprint density at radius 1 is 1.29 bits per heavy atom. The lowest BCUT2D eigenvalue weighted by Gasteiger charge is -2.22. The molecule has 0 bridgehead atoms. The first kappa shape index (κ1) is 11.7. The number of carbonyl (C=O) groups excluding carboxylic acids is 1. The van der Waals surface area contributed by atoms with Crippen LogP contribution in [0.1, 0.15) is 32.1 Å². The highest BCUT2D eigenvalue weighted by atomic mass is 16.2. The summed E-state index contributed by atoms with van der Waals surface area (Å²) in [6.45, 7) is 0. The standard InChI is InChI=1S/C12H18N4O/c13-11-7-6-10(8-14-11)16-12(17)15-9-4-2-1-3-5-9/h6-9H,1-5H2,(H2,13,14)(H2,15,16,17). The van der Waals surface area contributed by atoms with E-state index in [0.717, 1.165) is 12.8 Å². The fraction of sp³-hybridized carbons (Fsp3) is 0.500. The first-order chi connectivity index (χ1) is 8.24. The number of urea groups is 1. The molecule has 0 aliphatic heterocycles. The summed E-state index contributed by atoms with van der Waals surface area (Å²) in [5, 5.41) is 5.72. The second-order valence-corrected chi connectivity index (χ2v) is 4.41. The Kier molecular flexibility index (Phi) is 3.80. The number of aromatic nitrogens is 1. The van der Waals surface area contributed by atoms with Crippen molar-refractivity contribution in [2.45, 2.75) is 38.1 Å². The smallest absolute Gasteiger partial charge is 0.319 e. The van der Waals surface area contributed by atoms with Crippen molar-refractivity contribution < 1.29 is 4.79 Å². The summed E-state index contributed by atoms with van der Waals surface area (Å²) >= 11 is 0. The molecule has 0 atom stereocenters. The molecule has 0 aromatic carbocycles. The Hall–Kier alpha value is -1.78. The number of amides is 2. The summed E-state index contributed by atoms with van der Waals surface area (Å²) in [4.78, 5) is 15.6. The Bertz CT molecular complexity index is 371. The molecule has 5 heteroatoms. The number of hydrogen-bond acceptors (Lipinski definition) is 3. The highest BCUT2D eigenvalue weighted by Crippen LogP contribution is 2.17. The zero-order chi connectivity index (χ0) is 12.1. The van der Waals surface area contributed by atoms with E-state index in [9.17, 15) is 4.79 Å². The van der Waals surface area contributed by atoms with Crippen LogP contribution >= 0.6 is 0 Å². The number of nitrogens with one attached hydrogen (secondary N) is 2. The first-order valence-electron chi connectivity index (χ1n) is 6.03. The highest BCUT2D eigenvalue weighted by Gasteiger charge is 2.15. The van der Waals surface area contributed by atoms with E-state index in [1.54, 1.807) is 18.3 Å². The van der Waals surface area contributed by atoms with Gasteiger partial charge in [0.2, 0.25) is 0 Å². The quantitative estimate of drug-likeness (QED) is 0.733. The molecule has 1 fully saturated rings. The van der Waals surface area contributed by atoms with E-state index >= 15 is 0 Å². The minimum Gasteiger partial charge on any atom is -0.384 e. The van der Waals surface area contributed by atoms with Gasteiger partial charge in [0.15, 0.2) is 0 Å². The fourth-order valence-electron chi connectivity index (χ4n) is 2.08. The molecule has 1 aliphatic carbocycles. The summed E-state index contributed by atoms with van der Waals surface area (Å²) < 4.78 is 0. The second-order valence-electron chi connectivity index (χ2n) is 4.41. The zero-order valence-corrected chi connectivity index (χ0v) is 9.78. The molecule has 1 aromatic heterocycles. The largest absolute Gasteiger partial charge is 0.384 e. The highest BCUT2D eigenvalue weighted by molar-refractivity contribution is 5.89. The third kappa shape index (κ3) is 3.62. The van der Waals surface area contributed by atoms with Gasteiger partial charge in [-0.3, -0.25) is 0 Å². The van der Waals surface area contributed by atoms with Gasteiger partial charge in [0.1, 0.15) is 5.82 Å². The molecule has 2 amide bonds. The lowest BCUT2D eigenvalue weighted by molar-refractivity contribution is 0.244. The van der Waals surface area contributed by atoms with E-state index in [2.05, 4.69) is 15.6 Å². The van der Waals surface area contributed by atoms with Gasteiger partial charge in [-0.1, -0.05) is 19.3 Å². The Balaban J connectivity index is 1.82. The van der Waals surface area contributed by atoms with Crippen molar-refractivity contribution >= 4 is 17.5 Å². The van der Waals surface area contributed by atoms with Crippen LogP contribution in [0.25, 0.3) is 0 Å². The van der Waals surface area contributed by atoms with Crippen LogP contribution in [0.3, 0.4) is 0 Å². The van der Waals surface area contributed by atoms with Crippen molar-refractivity contribution in [3.8, 4) is 0 Å². The predicted molar refractivity (Wildman–Crippen MR) is 67.7 cm³/mol. The van der Waals surface area contributed by atoms with E-state index in [-0.39, 0.29) is 6.03 Å². The lowest BCUT2D eigenvalue weighted by atomic mass is 9.96. The minimum atomic E-state index is -0.163. The van der Waals surface area contributed by atoms with Gasteiger partial charge in [0, 0.05) is 6.04 Å². The van der Waals surface area contributed by atoms with Crippen LogP contribution in [0.5, 0.6) is 0 Å². The molecule has 1 aliphatic rings. The Labute approximate surface area is 101 Å². The summed E-state index contributed by atoms with van der Waals surface area (Å²) in [6.07, 6.45) is 7.39. The normalized spacial score (nSPS) is 16.5. The van der Waals surface area contributed by atoms with Crippen molar-refractivity contribution in [3.05, 3.63) is 18.3 Å². The predicted octanol–water partition coefficient (Wildman–Crippen LogP) is 2.12. The van der Waals surface area contributed by atoms with Crippen molar-refractivity contribution in [1.82, 2.24) is 10.3 Å². The number of nitrogens with two attached hydrogens (primary N) is 1. The second kappa shape index (κ2) is 5.52. The van der Waals surface area contributed by atoms with E-state index < -0.39 is 0 Å². The van der Waals surface area contributed by atoms with Crippen LogP contribution in [-0.4, -0.2) is 17.1 Å². The third-order valence-corrected chi connectivity index (χ3v) is 2.98. The first-order valence-corrected chi connectivity index (χ1v) is 6.03. The van der Waals surface area contributed by atoms with Gasteiger partial charge in [-0.15, -0.1) is 0 Å². The van der Waals surface area contributed by atoms with Crippen molar-refractivity contribution in [3.63, 3.8) is 0 Å². The molecule has 92 valence electrons. The average Bonchev–Trinajstić information content (AvgIpc) is 2.33. The van der Waals surface area contributed by atoms with Crippen molar-refractivity contribution in [2.75, 3.05) is 11.1 Å². The van der Waals surface area contributed by atoms with E-state index in [1.807, 2.05) is 0 Å². The summed E-state index contributed by atoms with van der Waals surface area (Å²) in [7, 11) is 0. The van der Waals surface area contributed by atoms with Crippen LogP contribution in [0.15, 0.2) is 18.3 Å². The van der Waals surface area contributed by atoms with Crippen molar-refractivity contribution in [1.29, 1.82) is 0 Å². The molecule has 17 heavy (non-hydrogen) atoms. The van der Waals surface area contributed by atoms with Gasteiger partial charge in [0.05, 0.1) is 11.9 Å². The molecule has 0 saturated heterocycles. The number of rotatable bonds is 2. The monoisotopic (exact) mass is 234 g/mol. The van der Waals surface area contributed by atoms with Gasteiger partial charge < -0.3 is 16.4 Å². The van der Waals surface area contributed by atoms with E-state index in [0.29, 0.717) is 17.5 Å². The Morgan fingerprint density at radius 2 is 2.06 bits per heavy atom. The molecule has 1 heterocycles. The molecule has 4 N–H and O–H groups in total. The fourth-order valence-corrected chi connectivity index (χ4v) is 2.08. The van der Waals surface area contributed by atoms with E-state index in [1.165, 1.54) is 19.3 Å². The van der Waals surface area contributed by atoms with Crippen LogP contribution in [0.4, 0.5) is 16.3 Å². The summed E-state index contributed by atoms with van der Waals surface area (Å²) in [6, 6.07) is 3.55. The molecule has 0 unspecified atom stereocenters. The minimum absolute atomic E-state index is 0.163. The summed E-state index contributed by atoms with van der Waals surface area (Å²) in [5.74, 6) is 0.447. The van der Waals surface area contributed by atoms with Gasteiger partial charge in [-0.25, -0.2) is 9.78 Å². The number of anilines is 2. The number of nitrogens with zero attached hydrogens (tertiary/aromatic N) is 1. The Morgan fingerprint density at radius 3 is 2.71 bits per heavy atom. The van der Waals surface area contributed by atoms with Gasteiger partial charge in [0.25, 0.3) is 0 Å². The maximum atomic E-state index is 11.7. The lowest BCUT2D eigenvalue weighted by Crippen LogP contribution is -2.39. The molecular formula is C12H18N4O. The van der Waals surface area contributed by atoms with Crippen LogP contribution < -0.4 is 16.4 Å². The number of hydrogen-bond donors (Lipinski definition) is 3. The third-order valence-electron chi connectivity index (χ3n) is 2.98. The van der Waals surface area contributed by atoms with E-state index in [4.69, 9.17) is 5.73 Å². The van der Waals surface area contributed by atoms with Gasteiger partial charge >= 0.3 is 6.03 Å². The average molecular weight is 234 g/mol. The number of carbonyl (C=O) groups is 1.